The molecule has 5 nitrogen and oxygen atoms in total. The van der Waals surface area contributed by atoms with Gasteiger partial charge in [0.1, 0.15) is 5.56 Å². The zero-order chi connectivity index (χ0) is 11.6. The second-order valence-electron chi connectivity index (χ2n) is 2.73. The summed E-state index contributed by atoms with van der Waals surface area (Å²) < 4.78 is 26.1. The van der Waals surface area contributed by atoms with Gasteiger partial charge < -0.3 is 9.29 Å². The molecule has 0 atom stereocenters. The van der Waals surface area contributed by atoms with E-state index in [0.29, 0.717) is 0 Å². The topological polar surface area (TPSA) is 80.7 Å². The van der Waals surface area contributed by atoms with E-state index >= 15 is 0 Å². The molecular weight excluding hydrogens is 244 g/mol. The minimum absolute atomic E-state index is 0.193. The number of benzene rings is 1. The van der Waals surface area contributed by atoms with Crippen molar-refractivity contribution >= 4 is 27.7 Å². The number of rotatable bonds is 3. The standard InChI is InChI=1S/C8H7ClO5S/c1-15(12,13)14-7-4-5(9)2-3-6(7)8(10)11/h2-4H,1H3,(H,10,11). The quantitative estimate of drug-likeness (QED) is 0.820. The van der Waals surface area contributed by atoms with Gasteiger partial charge in [-0.2, -0.15) is 8.42 Å². The molecule has 0 aliphatic carbocycles. The van der Waals surface area contributed by atoms with Gasteiger partial charge in [-0.05, 0) is 12.1 Å². The Balaban J connectivity index is 3.25. The van der Waals surface area contributed by atoms with Crippen LogP contribution in [0.4, 0.5) is 0 Å². The molecule has 1 aromatic carbocycles. The van der Waals surface area contributed by atoms with Crippen LogP contribution in [0.3, 0.4) is 0 Å². The summed E-state index contributed by atoms with van der Waals surface area (Å²) in [6, 6.07) is 3.64. The lowest BCUT2D eigenvalue weighted by molar-refractivity contribution is 0.0695. The van der Waals surface area contributed by atoms with Gasteiger partial charge in [0, 0.05) is 11.1 Å². The van der Waals surface area contributed by atoms with Crippen molar-refractivity contribution in [1.29, 1.82) is 0 Å². The maximum absolute atomic E-state index is 10.8. The number of halogens is 1. The Kier molecular flexibility index (Phi) is 3.21. The average molecular weight is 251 g/mol. The molecule has 0 aliphatic heterocycles. The Morgan fingerprint density at radius 1 is 1.47 bits per heavy atom. The third-order valence-corrected chi connectivity index (χ3v) is 2.13. The first-order valence-corrected chi connectivity index (χ1v) is 5.91. The summed E-state index contributed by atoms with van der Waals surface area (Å²) in [5.74, 6) is -1.58. The second-order valence-corrected chi connectivity index (χ2v) is 4.74. The van der Waals surface area contributed by atoms with Crippen LogP contribution in [0, 0.1) is 0 Å². The molecular formula is C8H7ClO5S. The van der Waals surface area contributed by atoms with Gasteiger partial charge in [0.2, 0.25) is 0 Å². The molecule has 0 saturated carbocycles. The van der Waals surface area contributed by atoms with Crippen molar-refractivity contribution in [3.63, 3.8) is 0 Å². The molecule has 0 heterocycles. The van der Waals surface area contributed by atoms with Crippen molar-refractivity contribution in [3.05, 3.63) is 28.8 Å². The maximum atomic E-state index is 10.8. The zero-order valence-electron chi connectivity index (χ0n) is 7.60. The monoisotopic (exact) mass is 250 g/mol. The molecule has 0 fully saturated rings. The molecule has 0 aromatic heterocycles. The smallest absolute Gasteiger partial charge is 0.339 e. The molecule has 15 heavy (non-hydrogen) atoms. The highest BCUT2D eigenvalue weighted by Crippen LogP contribution is 2.24. The minimum atomic E-state index is -3.77. The van der Waals surface area contributed by atoms with Crippen LogP contribution in [0.5, 0.6) is 5.75 Å². The molecule has 0 aliphatic rings. The fraction of sp³-hybridized carbons (Fsp3) is 0.125. The van der Waals surface area contributed by atoms with Crippen molar-refractivity contribution in [2.75, 3.05) is 6.26 Å². The largest absolute Gasteiger partial charge is 0.478 e. The Hall–Kier alpha value is -1.27. The number of carboxylic acid groups (broad SMARTS) is 1. The van der Waals surface area contributed by atoms with E-state index in [4.69, 9.17) is 16.7 Å². The van der Waals surface area contributed by atoms with Crippen molar-refractivity contribution in [2.45, 2.75) is 0 Å². The molecule has 0 unspecified atom stereocenters. The number of hydrogen-bond donors (Lipinski definition) is 1. The van der Waals surface area contributed by atoms with Crippen LogP contribution in [0.1, 0.15) is 10.4 Å². The SMILES string of the molecule is CS(=O)(=O)Oc1cc(Cl)ccc1C(=O)O. The zero-order valence-corrected chi connectivity index (χ0v) is 9.17. The summed E-state index contributed by atoms with van der Waals surface area (Å²) >= 11 is 5.58. The third kappa shape index (κ3) is 3.41. The first-order chi connectivity index (χ1) is 6.79. The summed E-state index contributed by atoms with van der Waals surface area (Å²) in [6.07, 6.45) is 0.819. The highest BCUT2D eigenvalue weighted by Gasteiger charge is 2.15. The van der Waals surface area contributed by atoms with E-state index in [1.807, 2.05) is 0 Å². The van der Waals surface area contributed by atoms with E-state index in [-0.39, 0.29) is 16.3 Å². The molecule has 0 amide bonds. The first-order valence-electron chi connectivity index (χ1n) is 3.72. The molecule has 82 valence electrons. The first kappa shape index (κ1) is 11.8. The number of aromatic carboxylic acids is 1. The molecule has 0 saturated heterocycles. The molecule has 1 N–H and O–H groups in total. The van der Waals surface area contributed by atoms with E-state index in [2.05, 4.69) is 4.18 Å². The van der Waals surface area contributed by atoms with Crippen LogP contribution >= 0.6 is 11.6 Å². The van der Waals surface area contributed by atoms with Crippen LogP contribution in [0.25, 0.3) is 0 Å². The van der Waals surface area contributed by atoms with E-state index in [0.717, 1.165) is 12.3 Å². The van der Waals surface area contributed by atoms with Crippen molar-refractivity contribution in [1.82, 2.24) is 0 Å². The van der Waals surface area contributed by atoms with Crippen LogP contribution < -0.4 is 4.18 Å². The fourth-order valence-corrected chi connectivity index (χ4v) is 1.53. The van der Waals surface area contributed by atoms with Gasteiger partial charge in [-0.1, -0.05) is 11.6 Å². The highest BCUT2D eigenvalue weighted by molar-refractivity contribution is 7.86. The van der Waals surface area contributed by atoms with Gasteiger partial charge in [-0.15, -0.1) is 0 Å². The maximum Gasteiger partial charge on any atom is 0.339 e. The summed E-state index contributed by atoms with van der Waals surface area (Å²) in [4.78, 5) is 10.7. The summed E-state index contributed by atoms with van der Waals surface area (Å²) in [7, 11) is -3.77. The van der Waals surface area contributed by atoms with Gasteiger partial charge in [0.25, 0.3) is 0 Å². The van der Waals surface area contributed by atoms with Gasteiger partial charge in [0.15, 0.2) is 5.75 Å². The van der Waals surface area contributed by atoms with Gasteiger partial charge in [0.05, 0.1) is 6.26 Å². The number of carboxylic acids is 1. The van der Waals surface area contributed by atoms with Crippen molar-refractivity contribution in [2.24, 2.45) is 0 Å². The van der Waals surface area contributed by atoms with Crippen LogP contribution in [0.2, 0.25) is 5.02 Å². The predicted octanol–water partition coefficient (Wildman–Crippen LogP) is 1.38. The number of carbonyl (C=O) groups is 1. The van der Waals surface area contributed by atoms with E-state index in [1.54, 1.807) is 0 Å². The Labute approximate surface area is 91.4 Å². The molecule has 1 rings (SSSR count). The fourth-order valence-electron chi connectivity index (χ4n) is 0.905. The number of hydrogen-bond acceptors (Lipinski definition) is 4. The summed E-state index contributed by atoms with van der Waals surface area (Å²) in [5, 5.41) is 8.93. The Morgan fingerprint density at radius 3 is 2.53 bits per heavy atom. The van der Waals surface area contributed by atoms with E-state index < -0.39 is 16.1 Å². The average Bonchev–Trinajstić information content (AvgIpc) is 1.99. The molecule has 7 heteroatoms. The van der Waals surface area contributed by atoms with E-state index in [9.17, 15) is 13.2 Å². The van der Waals surface area contributed by atoms with Crippen LogP contribution in [0.15, 0.2) is 18.2 Å². The Morgan fingerprint density at radius 2 is 2.07 bits per heavy atom. The molecule has 0 spiro atoms. The molecule has 0 radical (unpaired) electrons. The predicted molar refractivity (Wildman–Crippen MR) is 53.9 cm³/mol. The van der Waals surface area contributed by atoms with E-state index in [1.165, 1.54) is 12.1 Å². The highest BCUT2D eigenvalue weighted by atomic mass is 35.5. The molecule has 0 bridgehead atoms. The Bertz CT molecular complexity index is 494. The second kappa shape index (κ2) is 4.08. The van der Waals surface area contributed by atoms with Crippen LogP contribution in [-0.2, 0) is 10.1 Å². The summed E-state index contributed by atoms with van der Waals surface area (Å²) in [6.45, 7) is 0. The minimum Gasteiger partial charge on any atom is -0.478 e. The molecule has 1 aromatic rings. The third-order valence-electron chi connectivity index (χ3n) is 1.42. The lowest BCUT2D eigenvalue weighted by Gasteiger charge is -2.06. The van der Waals surface area contributed by atoms with Gasteiger partial charge in [-0.3, -0.25) is 0 Å². The van der Waals surface area contributed by atoms with Gasteiger partial charge >= 0.3 is 16.1 Å². The van der Waals surface area contributed by atoms with Crippen molar-refractivity contribution < 1.29 is 22.5 Å². The lowest BCUT2D eigenvalue weighted by Crippen LogP contribution is -2.09. The summed E-state index contributed by atoms with van der Waals surface area (Å²) in [5.41, 5.74) is -0.259. The lowest BCUT2D eigenvalue weighted by atomic mass is 10.2. The van der Waals surface area contributed by atoms with Crippen molar-refractivity contribution in [3.8, 4) is 5.75 Å². The van der Waals surface area contributed by atoms with Crippen LogP contribution in [-0.4, -0.2) is 25.7 Å². The normalized spacial score (nSPS) is 11.1. The van der Waals surface area contributed by atoms with Gasteiger partial charge in [-0.25, -0.2) is 4.79 Å².